The average molecular weight is 150 g/mol. The minimum atomic E-state index is 0.834. The first-order chi connectivity index (χ1) is 5.43. The van der Waals surface area contributed by atoms with Crippen LogP contribution in [0.4, 0.5) is 5.69 Å². The lowest BCUT2D eigenvalue weighted by atomic mass is 10.3. The van der Waals surface area contributed by atoms with Crippen LogP contribution in [0.3, 0.4) is 0 Å². The van der Waals surface area contributed by atoms with Gasteiger partial charge in [0.05, 0.1) is 6.67 Å². The monoisotopic (exact) mass is 150 g/mol. The summed E-state index contributed by atoms with van der Waals surface area (Å²) >= 11 is 0. The van der Waals surface area contributed by atoms with Gasteiger partial charge in [-0.1, -0.05) is 25.1 Å². The maximum atomic E-state index is 3.23. The Morgan fingerprint density at radius 2 is 1.91 bits per heavy atom. The lowest BCUT2D eigenvalue weighted by molar-refractivity contribution is 0.771. The maximum absolute atomic E-state index is 3.23. The van der Waals surface area contributed by atoms with Gasteiger partial charge in [0.2, 0.25) is 0 Å². The quantitative estimate of drug-likeness (QED) is 0.504. The lowest BCUT2D eigenvalue weighted by Gasteiger charge is -2.04. The van der Waals surface area contributed by atoms with E-state index < -0.39 is 0 Å². The highest BCUT2D eigenvalue weighted by molar-refractivity contribution is 5.41. The van der Waals surface area contributed by atoms with E-state index in [-0.39, 0.29) is 0 Å². The van der Waals surface area contributed by atoms with Crippen molar-refractivity contribution < 1.29 is 0 Å². The number of rotatable bonds is 4. The van der Waals surface area contributed by atoms with E-state index in [1.165, 1.54) is 0 Å². The molecule has 0 unspecified atom stereocenters. The third-order valence-electron chi connectivity index (χ3n) is 1.44. The molecular formula is C9H14N2. The maximum Gasteiger partial charge on any atom is 0.0652 e. The Morgan fingerprint density at radius 3 is 2.55 bits per heavy atom. The number of benzene rings is 1. The molecule has 0 radical (unpaired) electrons. The SMILES string of the molecule is CCNCNc1ccccc1. The van der Waals surface area contributed by atoms with E-state index in [4.69, 9.17) is 0 Å². The van der Waals surface area contributed by atoms with Crippen LogP contribution in [0, 0.1) is 0 Å². The molecule has 0 aliphatic carbocycles. The summed E-state index contributed by atoms with van der Waals surface area (Å²) < 4.78 is 0. The fourth-order valence-electron chi connectivity index (χ4n) is 0.846. The molecule has 0 aliphatic rings. The number of anilines is 1. The third-order valence-corrected chi connectivity index (χ3v) is 1.44. The van der Waals surface area contributed by atoms with E-state index in [1.807, 2.05) is 18.2 Å². The molecule has 2 heteroatoms. The zero-order chi connectivity index (χ0) is 7.94. The van der Waals surface area contributed by atoms with Gasteiger partial charge in [-0.05, 0) is 18.7 Å². The molecule has 1 rings (SSSR count). The van der Waals surface area contributed by atoms with Crippen molar-refractivity contribution in [2.24, 2.45) is 0 Å². The molecule has 0 bridgehead atoms. The van der Waals surface area contributed by atoms with Gasteiger partial charge in [-0.2, -0.15) is 0 Å². The van der Waals surface area contributed by atoms with Crippen molar-refractivity contribution in [1.82, 2.24) is 5.32 Å². The predicted octanol–water partition coefficient (Wildman–Crippen LogP) is 1.67. The standard InChI is InChI=1S/C9H14N2/c1-2-10-8-11-9-6-4-3-5-7-9/h3-7,10-11H,2,8H2,1H3. The van der Waals surface area contributed by atoms with Gasteiger partial charge in [-0.3, -0.25) is 0 Å². The molecule has 60 valence electrons. The predicted molar refractivity (Wildman–Crippen MR) is 48.6 cm³/mol. The van der Waals surface area contributed by atoms with Crippen LogP contribution in [0.15, 0.2) is 30.3 Å². The minimum Gasteiger partial charge on any atom is -0.372 e. The molecule has 11 heavy (non-hydrogen) atoms. The number of para-hydroxylation sites is 1. The molecule has 0 atom stereocenters. The van der Waals surface area contributed by atoms with Crippen LogP contribution in [0.5, 0.6) is 0 Å². The van der Waals surface area contributed by atoms with Crippen molar-refractivity contribution in [2.75, 3.05) is 18.5 Å². The van der Waals surface area contributed by atoms with Gasteiger partial charge in [0.15, 0.2) is 0 Å². The Bertz CT molecular complexity index is 184. The fraction of sp³-hybridized carbons (Fsp3) is 0.333. The van der Waals surface area contributed by atoms with Gasteiger partial charge in [-0.25, -0.2) is 0 Å². The Balaban J connectivity index is 2.28. The van der Waals surface area contributed by atoms with Crippen molar-refractivity contribution in [3.05, 3.63) is 30.3 Å². The second kappa shape index (κ2) is 4.74. The largest absolute Gasteiger partial charge is 0.372 e. The molecule has 1 aromatic carbocycles. The van der Waals surface area contributed by atoms with Crippen LogP contribution < -0.4 is 10.6 Å². The molecule has 0 fully saturated rings. The highest BCUT2D eigenvalue weighted by Gasteiger charge is 1.85. The number of hydrogen-bond donors (Lipinski definition) is 2. The van der Waals surface area contributed by atoms with E-state index in [2.05, 4.69) is 29.7 Å². The molecule has 0 heterocycles. The Kier molecular flexibility index (Phi) is 3.48. The van der Waals surface area contributed by atoms with Crippen LogP contribution in [0.2, 0.25) is 0 Å². The Hall–Kier alpha value is -1.02. The average Bonchev–Trinajstić information content (AvgIpc) is 2.07. The molecule has 0 amide bonds. The van der Waals surface area contributed by atoms with Gasteiger partial charge in [0, 0.05) is 5.69 Å². The van der Waals surface area contributed by atoms with Crippen molar-refractivity contribution in [1.29, 1.82) is 0 Å². The summed E-state index contributed by atoms with van der Waals surface area (Å²) in [7, 11) is 0. The second-order valence-electron chi connectivity index (χ2n) is 2.32. The van der Waals surface area contributed by atoms with Crippen molar-refractivity contribution in [2.45, 2.75) is 6.92 Å². The molecule has 0 aromatic heterocycles. The van der Waals surface area contributed by atoms with Gasteiger partial charge in [-0.15, -0.1) is 0 Å². The molecular weight excluding hydrogens is 136 g/mol. The first-order valence-electron chi connectivity index (χ1n) is 3.93. The molecule has 0 spiro atoms. The molecule has 2 nitrogen and oxygen atoms in total. The van der Waals surface area contributed by atoms with E-state index in [1.54, 1.807) is 0 Å². The summed E-state index contributed by atoms with van der Waals surface area (Å²) in [5.74, 6) is 0. The summed E-state index contributed by atoms with van der Waals surface area (Å²) in [5.41, 5.74) is 1.16. The van der Waals surface area contributed by atoms with Gasteiger partial charge in [0.1, 0.15) is 0 Å². The van der Waals surface area contributed by atoms with Crippen LogP contribution in [-0.4, -0.2) is 13.2 Å². The summed E-state index contributed by atoms with van der Waals surface area (Å²) in [5, 5.41) is 6.42. The number of nitrogens with one attached hydrogen (secondary N) is 2. The minimum absolute atomic E-state index is 0.834. The van der Waals surface area contributed by atoms with Crippen LogP contribution in [-0.2, 0) is 0 Å². The van der Waals surface area contributed by atoms with E-state index >= 15 is 0 Å². The normalized spacial score (nSPS) is 9.55. The summed E-state index contributed by atoms with van der Waals surface area (Å²) in [6, 6.07) is 10.2. The van der Waals surface area contributed by atoms with Crippen LogP contribution in [0.25, 0.3) is 0 Å². The Morgan fingerprint density at radius 1 is 1.18 bits per heavy atom. The molecule has 0 saturated heterocycles. The number of hydrogen-bond acceptors (Lipinski definition) is 2. The molecule has 0 aliphatic heterocycles. The first-order valence-corrected chi connectivity index (χ1v) is 3.93. The highest BCUT2D eigenvalue weighted by Crippen LogP contribution is 2.02. The van der Waals surface area contributed by atoms with Crippen molar-refractivity contribution in [3.8, 4) is 0 Å². The molecule has 2 N–H and O–H groups in total. The van der Waals surface area contributed by atoms with Crippen molar-refractivity contribution in [3.63, 3.8) is 0 Å². The topological polar surface area (TPSA) is 24.1 Å². The Labute approximate surface area is 67.6 Å². The summed E-state index contributed by atoms with van der Waals surface area (Å²) in [6.07, 6.45) is 0. The lowest BCUT2D eigenvalue weighted by Crippen LogP contribution is -2.21. The second-order valence-corrected chi connectivity index (χ2v) is 2.32. The fourth-order valence-corrected chi connectivity index (χ4v) is 0.846. The highest BCUT2D eigenvalue weighted by atomic mass is 15.0. The zero-order valence-corrected chi connectivity index (χ0v) is 6.80. The van der Waals surface area contributed by atoms with Crippen molar-refractivity contribution >= 4 is 5.69 Å². The van der Waals surface area contributed by atoms with Crippen LogP contribution in [0.1, 0.15) is 6.92 Å². The van der Waals surface area contributed by atoms with Crippen LogP contribution >= 0.6 is 0 Å². The van der Waals surface area contributed by atoms with Gasteiger partial charge in [0.25, 0.3) is 0 Å². The molecule has 1 aromatic rings. The zero-order valence-electron chi connectivity index (χ0n) is 6.80. The van der Waals surface area contributed by atoms with E-state index in [0.717, 1.165) is 18.9 Å². The van der Waals surface area contributed by atoms with Gasteiger partial charge >= 0.3 is 0 Å². The van der Waals surface area contributed by atoms with E-state index in [0.29, 0.717) is 0 Å². The third kappa shape index (κ3) is 3.05. The summed E-state index contributed by atoms with van der Waals surface area (Å²) in [6.45, 7) is 3.92. The first kappa shape index (κ1) is 8.08. The summed E-state index contributed by atoms with van der Waals surface area (Å²) in [4.78, 5) is 0. The smallest absolute Gasteiger partial charge is 0.0652 e. The van der Waals surface area contributed by atoms with Gasteiger partial charge < -0.3 is 10.6 Å². The molecule has 0 saturated carbocycles. The van der Waals surface area contributed by atoms with E-state index in [9.17, 15) is 0 Å².